The number of nitrogen functional groups attached to an aromatic ring is 2. The summed E-state index contributed by atoms with van der Waals surface area (Å²) in [5.74, 6) is 0.542. The Morgan fingerprint density at radius 3 is 2.50 bits per heavy atom. The van der Waals surface area contributed by atoms with Crippen molar-refractivity contribution in [3.8, 4) is 11.5 Å². The highest BCUT2D eigenvalue weighted by molar-refractivity contribution is 7.17. The summed E-state index contributed by atoms with van der Waals surface area (Å²) in [6, 6.07) is 14.8. The zero-order valence-electron chi connectivity index (χ0n) is 15.9. The summed E-state index contributed by atoms with van der Waals surface area (Å²) in [5.41, 5.74) is 14.4. The molecule has 2 heterocycles. The van der Waals surface area contributed by atoms with Crippen molar-refractivity contribution in [2.75, 3.05) is 11.5 Å². The summed E-state index contributed by atoms with van der Waals surface area (Å²) in [7, 11) is 0. The smallest absolute Gasteiger partial charge is 0.338 e. The van der Waals surface area contributed by atoms with Crippen molar-refractivity contribution in [1.82, 2.24) is 4.98 Å². The number of rotatable bonds is 7. The maximum absolute atomic E-state index is 11.4. The Morgan fingerprint density at radius 2 is 1.77 bits per heavy atom. The molecule has 2 aromatic carbocycles. The van der Waals surface area contributed by atoms with Gasteiger partial charge in [-0.2, -0.15) is 0 Å². The van der Waals surface area contributed by atoms with Crippen LogP contribution in [0.15, 0.2) is 60.1 Å². The van der Waals surface area contributed by atoms with Gasteiger partial charge in [0.15, 0.2) is 0 Å². The third-order valence-corrected chi connectivity index (χ3v) is 5.55. The molecule has 0 fully saturated rings. The van der Waals surface area contributed by atoms with Gasteiger partial charge in [-0.15, -0.1) is 11.3 Å². The van der Waals surface area contributed by atoms with E-state index in [1.165, 1.54) is 17.5 Å². The Bertz CT molecular complexity index is 1220. The molecule has 152 valence electrons. The quantitative estimate of drug-likeness (QED) is 0.380. The van der Waals surface area contributed by atoms with Crippen LogP contribution in [0.1, 0.15) is 21.5 Å². The first-order valence-corrected chi connectivity index (χ1v) is 9.97. The second-order valence-electron chi connectivity index (χ2n) is 6.62. The van der Waals surface area contributed by atoms with Crippen LogP contribution in [0.25, 0.3) is 10.1 Å². The van der Waals surface area contributed by atoms with Crippen LogP contribution in [0.4, 0.5) is 11.5 Å². The number of aromatic carboxylic acids is 1. The Labute approximate surface area is 176 Å². The van der Waals surface area contributed by atoms with Crippen molar-refractivity contribution in [2.45, 2.75) is 13.2 Å². The number of carboxylic acids is 1. The summed E-state index contributed by atoms with van der Waals surface area (Å²) in [5, 5.41) is 11.8. The lowest BCUT2D eigenvalue weighted by Gasteiger charge is -2.10. The minimum absolute atomic E-state index is 0.132. The van der Waals surface area contributed by atoms with Crippen molar-refractivity contribution in [2.24, 2.45) is 0 Å². The average molecular weight is 421 g/mol. The van der Waals surface area contributed by atoms with Gasteiger partial charge in [-0.05, 0) is 35.2 Å². The lowest BCUT2D eigenvalue weighted by molar-refractivity contribution is 0.0699. The fraction of sp³-hybridized carbons (Fsp3) is 0.0909. The van der Waals surface area contributed by atoms with Crippen LogP contribution in [-0.2, 0) is 13.2 Å². The Morgan fingerprint density at radius 1 is 1.03 bits per heavy atom. The number of ether oxygens (including phenoxy) is 2. The van der Waals surface area contributed by atoms with Crippen molar-refractivity contribution in [3.05, 3.63) is 76.8 Å². The molecule has 0 spiro atoms. The molecule has 2 aromatic heterocycles. The number of carbonyl (C=O) groups is 1. The molecule has 30 heavy (non-hydrogen) atoms. The first-order chi connectivity index (χ1) is 14.5. The summed E-state index contributed by atoms with van der Waals surface area (Å²) < 4.78 is 12.3. The van der Waals surface area contributed by atoms with E-state index in [4.69, 9.17) is 20.9 Å². The first kappa shape index (κ1) is 19.5. The molecule has 0 atom stereocenters. The molecule has 8 heteroatoms. The van der Waals surface area contributed by atoms with E-state index in [1.54, 1.807) is 6.07 Å². The van der Waals surface area contributed by atoms with Crippen LogP contribution < -0.4 is 20.9 Å². The number of anilines is 2. The van der Waals surface area contributed by atoms with Gasteiger partial charge in [0.05, 0.1) is 10.3 Å². The van der Waals surface area contributed by atoms with Gasteiger partial charge in [0.25, 0.3) is 0 Å². The molecule has 0 saturated heterocycles. The van der Waals surface area contributed by atoms with Crippen molar-refractivity contribution in [1.29, 1.82) is 0 Å². The summed E-state index contributed by atoms with van der Waals surface area (Å²) >= 11 is 1.31. The van der Waals surface area contributed by atoms with E-state index in [0.29, 0.717) is 33.9 Å². The van der Waals surface area contributed by atoms with Crippen molar-refractivity contribution in [3.63, 3.8) is 0 Å². The number of carboxylic acid groups (broad SMARTS) is 1. The maximum Gasteiger partial charge on any atom is 0.338 e. The van der Waals surface area contributed by atoms with Gasteiger partial charge >= 0.3 is 5.97 Å². The highest BCUT2D eigenvalue weighted by atomic mass is 32.1. The zero-order valence-corrected chi connectivity index (χ0v) is 16.7. The summed E-state index contributed by atoms with van der Waals surface area (Å²) in [4.78, 5) is 15.4. The highest BCUT2D eigenvalue weighted by Crippen LogP contribution is 2.33. The van der Waals surface area contributed by atoms with Crippen molar-refractivity contribution >= 4 is 38.9 Å². The van der Waals surface area contributed by atoms with Gasteiger partial charge in [0, 0.05) is 28.9 Å². The van der Waals surface area contributed by atoms with Gasteiger partial charge in [-0.25, -0.2) is 9.78 Å². The third kappa shape index (κ3) is 4.13. The van der Waals surface area contributed by atoms with E-state index < -0.39 is 5.97 Å². The van der Waals surface area contributed by atoms with Crippen LogP contribution in [-0.4, -0.2) is 16.1 Å². The molecular weight excluding hydrogens is 402 g/mol. The molecule has 7 nitrogen and oxygen atoms in total. The molecule has 5 N–H and O–H groups in total. The topological polar surface area (TPSA) is 121 Å². The molecule has 0 bridgehead atoms. The van der Waals surface area contributed by atoms with Crippen LogP contribution in [0.2, 0.25) is 0 Å². The number of thiophene rings is 1. The normalized spacial score (nSPS) is 10.8. The minimum atomic E-state index is -1.04. The van der Waals surface area contributed by atoms with Crippen LogP contribution in [0, 0.1) is 0 Å². The predicted octanol–water partition coefficient (Wildman–Crippen LogP) is 4.32. The van der Waals surface area contributed by atoms with Gasteiger partial charge in [0.2, 0.25) is 0 Å². The highest BCUT2D eigenvalue weighted by Gasteiger charge is 2.17. The number of aromatic nitrogens is 1. The van der Waals surface area contributed by atoms with E-state index in [-0.39, 0.29) is 18.0 Å². The second-order valence-corrected chi connectivity index (χ2v) is 7.50. The Kier molecular flexibility index (Phi) is 5.40. The summed E-state index contributed by atoms with van der Waals surface area (Å²) in [6.07, 6.45) is 1.28. The van der Waals surface area contributed by atoms with E-state index in [1.807, 2.05) is 47.8 Å². The zero-order chi connectivity index (χ0) is 21.1. The van der Waals surface area contributed by atoms with Gasteiger partial charge in [0.1, 0.15) is 30.5 Å². The molecule has 0 aliphatic rings. The van der Waals surface area contributed by atoms with Gasteiger partial charge < -0.3 is 26.0 Å². The number of hydrogen-bond acceptors (Lipinski definition) is 7. The van der Waals surface area contributed by atoms with Crippen molar-refractivity contribution < 1.29 is 19.4 Å². The summed E-state index contributed by atoms with van der Waals surface area (Å²) in [6.45, 7) is 0.622. The number of nitrogens with two attached hydrogens (primary N) is 2. The van der Waals surface area contributed by atoms with Crippen LogP contribution >= 0.6 is 11.3 Å². The lowest BCUT2D eigenvalue weighted by atomic mass is 10.1. The number of benzene rings is 2. The fourth-order valence-corrected chi connectivity index (χ4v) is 4.12. The van der Waals surface area contributed by atoms with Gasteiger partial charge in [-0.1, -0.05) is 18.2 Å². The second kappa shape index (κ2) is 8.30. The Balaban J connectivity index is 1.47. The monoisotopic (exact) mass is 421 g/mol. The molecule has 4 rings (SSSR count). The molecule has 0 saturated carbocycles. The van der Waals surface area contributed by atoms with E-state index >= 15 is 0 Å². The first-order valence-electron chi connectivity index (χ1n) is 9.09. The number of hydrogen-bond donors (Lipinski definition) is 3. The molecule has 0 amide bonds. The third-order valence-electron chi connectivity index (χ3n) is 4.49. The standard InChI is InChI=1S/C22H19N3O4S/c23-15-4-1-3-13(7-15)10-28-16-5-2-6-17(8-16)29-11-14-12-30-20-18(22(26)27)9-25-21(24)19(14)20/h1-9,12H,10-11,23H2,(H2,24,25)(H,26,27). The van der Waals surface area contributed by atoms with Crippen LogP contribution in [0.5, 0.6) is 11.5 Å². The number of fused-ring (bicyclic) bond motifs is 1. The lowest BCUT2D eigenvalue weighted by Crippen LogP contribution is -2.02. The minimum Gasteiger partial charge on any atom is -0.489 e. The SMILES string of the molecule is Nc1cccc(COc2cccc(OCc3csc4c(C(=O)O)cnc(N)c34)c2)c1. The molecular formula is C22H19N3O4S. The van der Waals surface area contributed by atoms with Crippen LogP contribution in [0.3, 0.4) is 0 Å². The fourth-order valence-electron chi connectivity index (χ4n) is 3.05. The average Bonchev–Trinajstić information content (AvgIpc) is 3.16. The molecule has 0 aliphatic carbocycles. The largest absolute Gasteiger partial charge is 0.489 e. The molecule has 4 aromatic rings. The van der Waals surface area contributed by atoms with E-state index in [0.717, 1.165) is 11.1 Å². The van der Waals surface area contributed by atoms with E-state index in [9.17, 15) is 9.90 Å². The number of pyridine rings is 1. The molecule has 0 radical (unpaired) electrons. The predicted molar refractivity (Wildman–Crippen MR) is 117 cm³/mol. The molecule has 0 unspecified atom stereocenters. The Hall–Kier alpha value is -3.78. The molecule has 0 aliphatic heterocycles. The number of nitrogens with zero attached hydrogens (tertiary/aromatic N) is 1. The van der Waals surface area contributed by atoms with Gasteiger partial charge in [-0.3, -0.25) is 0 Å². The van der Waals surface area contributed by atoms with E-state index in [2.05, 4.69) is 4.98 Å². The maximum atomic E-state index is 11.4.